The number of carbonyl (C=O) groups is 4. The first kappa shape index (κ1) is 31.2. The van der Waals surface area contributed by atoms with Crippen LogP contribution in [0.15, 0.2) is 94.4 Å². The van der Waals surface area contributed by atoms with Gasteiger partial charge in [-0.1, -0.05) is 23.4 Å². The number of amides is 2. The summed E-state index contributed by atoms with van der Waals surface area (Å²) in [5, 5.41) is 6.61. The first-order valence-corrected chi connectivity index (χ1v) is 13.2. The number of carbonyl (C=O) groups excluding carboxylic acids is 4. The second-order valence-corrected chi connectivity index (χ2v) is 9.64. The first-order valence-electron chi connectivity index (χ1n) is 13.2. The normalized spacial score (nSPS) is 11.9. The Hall–Kier alpha value is -6.25. The van der Waals surface area contributed by atoms with Gasteiger partial charge < -0.3 is 25.0 Å². The van der Waals surface area contributed by atoms with Gasteiger partial charge in [0.1, 0.15) is 5.75 Å². The van der Waals surface area contributed by atoms with E-state index in [-0.39, 0.29) is 44.7 Å². The molecule has 5 rings (SSSR count). The van der Waals surface area contributed by atoms with Gasteiger partial charge in [-0.25, -0.2) is 0 Å². The summed E-state index contributed by atoms with van der Waals surface area (Å²) in [6.45, 7) is 1.04. The van der Waals surface area contributed by atoms with Gasteiger partial charge in [0.15, 0.2) is 11.3 Å². The van der Waals surface area contributed by atoms with Crippen LogP contribution in [0.3, 0.4) is 0 Å². The van der Waals surface area contributed by atoms with E-state index < -0.39 is 47.3 Å². The fourth-order valence-corrected chi connectivity index (χ4v) is 4.56. The second-order valence-electron chi connectivity index (χ2n) is 9.64. The lowest BCUT2D eigenvalue weighted by molar-refractivity contribution is -0.274. The number of hydrogen-bond acceptors (Lipinski definition) is 9. The fourth-order valence-electron chi connectivity index (χ4n) is 4.56. The van der Waals surface area contributed by atoms with Gasteiger partial charge in [-0.05, 0) is 54.6 Å². The van der Waals surface area contributed by atoms with Crippen molar-refractivity contribution in [3.8, 4) is 11.4 Å². The molecule has 2 aromatic heterocycles. The molecule has 2 heterocycles. The summed E-state index contributed by atoms with van der Waals surface area (Å²) in [6, 6.07) is 17.2. The van der Waals surface area contributed by atoms with E-state index in [0.717, 1.165) is 23.6 Å². The predicted molar refractivity (Wildman–Crippen MR) is 154 cm³/mol. The third-order valence-electron chi connectivity index (χ3n) is 6.52. The van der Waals surface area contributed by atoms with Gasteiger partial charge in [-0.3, -0.25) is 28.5 Å². The van der Waals surface area contributed by atoms with Crippen molar-refractivity contribution in [3.05, 3.63) is 118 Å². The standard InChI is InChI=1S/C31H21F3N4O8/c1-16(39)44-27(23-7-4-14-38(30(23)43)18-9-11-19(12-10-18)45-31(32,33)34)29(42)36-17-8-13-22-24(15-17)46-37-25(22)26(40)20-5-2-3-6-21(20)28(35)41/h2-15,27H,1H3,(H2,35,41)(H,36,42). The molecule has 3 N–H and O–H groups in total. The molecule has 3 aromatic carbocycles. The highest BCUT2D eigenvalue weighted by Crippen LogP contribution is 2.27. The van der Waals surface area contributed by atoms with Crippen LogP contribution in [0.25, 0.3) is 16.7 Å². The highest BCUT2D eigenvalue weighted by Gasteiger charge is 2.31. The zero-order valence-electron chi connectivity index (χ0n) is 23.5. The van der Waals surface area contributed by atoms with E-state index >= 15 is 0 Å². The quantitative estimate of drug-likeness (QED) is 0.175. The molecule has 0 saturated carbocycles. The van der Waals surface area contributed by atoms with Gasteiger partial charge in [0.25, 0.3) is 11.5 Å². The van der Waals surface area contributed by atoms with Crippen molar-refractivity contribution in [2.45, 2.75) is 19.4 Å². The van der Waals surface area contributed by atoms with E-state index in [4.69, 9.17) is 15.0 Å². The molecule has 12 nitrogen and oxygen atoms in total. The predicted octanol–water partition coefficient (Wildman–Crippen LogP) is 4.45. The third-order valence-corrected chi connectivity index (χ3v) is 6.52. The molecule has 0 aliphatic carbocycles. The highest BCUT2D eigenvalue weighted by atomic mass is 19.4. The number of pyridine rings is 1. The van der Waals surface area contributed by atoms with E-state index in [9.17, 15) is 37.1 Å². The molecule has 0 saturated heterocycles. The number of anilines is 1. The molecule has 2 amide bonds. The van der Waals surface area contributed by atoms with Crippen molar-refractivity contribution in [1.82, 2.24) is 9.72 Å². The Labute approximate surface area is 256 Å². The van der Waals surface area contributed by atoms with Crippen LogP contribution >= 0.6 is 0 Å². The van der Waals surface area contributed by atoms with Crippen LogP contribution in [-0.2, 0) is 14.3 Å². The summed E-state index contributed by atoms with van der Waals surface area (Å²) >= 11 is 0. The van der Waals surface area contributed by atoms with Crippen LogP contribution in [-0.4, -0.2) is 39.7 Å². The number of alkyl halides is 3. The average molecular weight is 635 g/mol. The molecule has 5 aromatic rings. The smallest absolute Gasteiger partial charge is 0.447 e. The number of fused-ring (bicyclic) bond motifs is 1. The lowest BCUT2D eigenvalue weighted by Crippen LogP contribution is -2.32. The number of primary amides is 1. The number of ether oxygens (including phenoxy) is 2. The summed E-state index contributed by atoms with van der Waals surface area (Å²) in [5.41, 5.74) is 4.59. The highest BCUT2D eigenvalue weighted by molar-refractivity contribution is 6.18. The van der Waals surface area contributed by atoms with Crippen molar-refractivity contribution < 1.29 is 46.3 Å². The number of rotatable bonds is 9. The topological polar surface area (TPSA) is 173 Å². The zero-order valence-corrected chi connectivity index (χ0v) is 23.5. The number of ketones is 1. The van der Waals surface area contributed by atoms with Crippen LogP contribution in [0.4, 0.5) is 18.9 Å². The molecule has 0 fully saturated rings. The summed E-state index contributed by atoms with van der Waals surface area (Å²) in [7, 11) is 0. The molecular formula is C31H21F3N4O8. The largest absolute Gasteiger partial charge is 0.573 e. The molecular weight excluding hydrogens is 613 g/mol. The Bertz CT molecular complexity index is 2050. The Morgan fingerprint density at radius 2 is 1.65 bits per heavy atom. The maximum absolute atomic E-state index is 13.4. The van der Waals surface area contributed by atoms with Crippen molar-refractivity contribution in [2.24, 2.45) is 5.73 Å². The van der Waals surface area contributed by atoms with Crippen LogP contribution in [0.5, 0.6) is 5.75 Å². The molecule has 1 atom stereocenters. The molecule has 0 spiro atoms. The lowest BCUT2D eigenvalue weighted by atomic mass is 9.99. The average Bonchev–Trinajstić information content (AvgIpc) is 3.42. The van der Waals surface area contributed by atoms with Crippen LogP contribution in [0.1, 0.15) is 45.0 Å². The molecule has 46 heavy (non-hydrogen) atoms. The molecule has 0 radical (unpaired) electrons. The zero-order chi connectivity index (χ0) is 33.2. The number of hydrogen-bond donors (Lipinski definition) is 2. The van der Waals surface area contributed by atoms with Crippen molar-refractivity contribution >= 4 is 40.2 Å². The fraction of sp³-hybridized carbons (Fsp3) is 0.0968. The summed E-state index contributed by atoms with van der Waals surface area (Å²) in [5.74, 6) is -3.74. The minimum atomic E-state index is -4.90. The third kappa shape index (κ3) is 6.62. The van der Waals surface area contributed by atoms with E-state index in [1.807, 2.05) is 0 Å². The lowest BCUT2D eigenvalue weighted by Gasteiger charge is -2.18. The summed E-state index contributed by atoms with van der Waals surface area (Å²) in [4.78, 5) is 63.6. The Kier molecular flexibility index (Phi) is 8.40. The maximum atomic E-state index is 13.4. The molecule has 0 bridgehead atoms. The molecule has 234 valence electrons. The van der Waals surface area contributed by atoms with Crippen LogP contribution in [0.2, 0.25) is 0 Å². The monoisotopic (exact) mass is 634 g/mol. The van der Waals surface area contributed by atoms with E-state index in [1.54, 1.807) is 12.1 Å². The van der Waals surface area contributed by atoms with Gasteiger partial charge in [-0.15, -0.1) is 13.2 Å². The van der Waals surface area contributed by atoms with E-state index in [0.29, 0.717) is 0 Å². The maximum Gasteiger partial charge on any atom is 0.573 e. The minimum absolute atomic E-state index is 0.00323. The number of esters is 1. The van der Waals surface area contributed by atoms with Gasteiger partial charge in [0, 0.05) is 36.1 Å². The number of benzene rings is 3. The van der Waals surface area contributed by atoms with Crippen LogP contribution in [0, 0.1) is 0 Å². The van der Waals surface area contributed by atoms with Crippen molar-refractivity contribution in [3.63, 3.8) is 0 Å². The van der Waals surface area contributed by atoms with Crippen LogP contribution < -0.4 is 21.3 Å². The molecule has 15 heteroatoms. The Morgan fingerprint density at radius 3 is 2.30 bits per heavy atom. The van der Waals surface area contributed by atoms with Gasteiger partial charge >= 0.3 is 12.3 Å². The summed E-state index contributed by atoms with van der Waals surface area (Å²) < 4.78 is 53.0. The van der Waals surface area contributed by atoms with Gasteiger partial charge in [0.05, 0.1) is 16.5 Å². The number of nitrogens with zero attached hydrogens (tertiary/aromatic N) is 2. The number of aromatic nitrogens is 2. The molecule has 0 aliphatic heterocycles. The Morgan fingerprint density at radius 1 is 0.957 bits per heavy atom. The second kappa shape index (κ2) is 12.4. The minimum Gasteiger partial charge on any atom is -0.447 e. The number of nitrogens with two attached hydrogens (primary N) is 1. The van der Waals surface area contributed by atoms with E-state index in [1.165, 1.54) is 60.8 Å². The number of nitrogens with one attached hydrogen (secondary N) is 1. The molecule has 1 unspecified atom stereocenters. The Balaban J connectivity index is 1.41. The van der Waals surface area contributed by atoms with Crippen molar-refractivity contribution in [2.75, 3.05) is 5.32 Å². The SMILES string of the molecule is CC(=O)OC(C(=O)Nc1ccc2c(C(=O)c3ccccc3C(N)=O)noc2c1)c1cccn(-c2ccc(OC(F)(F)F)cc2)c1=O. The van der Waals surface area contributed by atoms with Crippen molar-refractivity contribution in [1.29, 1.82) is 0 Å². The molecule has 0 aliphatic rings. The summed E-state index contributed by atoms with van der Waals surface area (Å²) in [6.07, 6.45) is -5.33. The number of halogens is 3. The van der Waals surface area contributed by atoms with E-state index in [2.05, 4.69) is 15.2 Å². The van der Waals surface area contributed by atoms with Gasteiger partial charge in [0.2, 0.25) is 17.8 Å². The first-order chi connectivity index (χ1) is 21.8. The van der Waals surface area contributed by atoms with Gasteiger partial charge in [-0.2, -0.15) is 0 Å².